The standard InChI is InChI=1S/Ca.Mg.Na.5H2O/h;;;5*1H2/q2*+2;+1;;;;;/p-5. The fourth-order valence-corrected chi connectivity index (χ4v) is 0. The van der Waals surface area contributed by atoms with Gasteiger partial charge < -0.3 is 27.4 Å². The Balaban J connectivity index is 0. The molecule has 0 rings (SSSR count). The summed E-state index contributed by atoms with van der Waals surface area (Å²) in [5.74, 6) is 0. The van der Waals surface area contributed by atoms with Gasteiger partial charge in [0.2, 0.25) is 0 Å². The van der Waals surface area contributed by atoms with Crippen molar-refractivity contribution in [2.45, 2.75) is 0 Å². The summed E-state index contributed by atoms with van der Waals surface area (Å²) < 4.78 is 0. The molecule has 0 amide bonds. The molecule has 0 unspecified atom stereocenters. The van der Waals surface area contributed by atoms with E-state index < -0.39 is 0 Å². The first kappa shape index (κ1) is 131. The molecule has 0 bridgehead atoms. The van der Waals surface area contributed by atoms with Gasteiger partial charge in [0.05, 0.1) is 0 Å². The number of hydrogen-bond donors (Lipinski definition) is 0. The van der Waals surface area contributed by atoms with Crippen molar-refractivity contribution in [1.29, 1.82) is 0 Å². The van der Waals surface area contributed by atoms with Crippen molar-refractivity contribution >= 4 is 60.8 Å². The van der Waals surface area contributed by atoms with Crippen molar-refractivity contribution in [3.63, 3.8) is 0 Å². The topological polar surface area (TPSA) is 150 Å². The Bertz CT molecular complexity index is 12.4. The Hall–Kier alpha value is 2.83. The van der Waals surface area contributed by atoms with Crippen LogP contribution in [-0.2, 0) is 0 Å². The van der Waals surface area contributed by atoms with E-state index in [9.17, 15) is 0 Å². The van der Waals surface area contributed by atoms with Crippen LogP contribution in [0, 0.1) is 0 Å². The van der Waals surface area contributed by atoms with Crippen LogP contribution in [0.2, 0.25) is 0 Å². The summed E-state index contributed by atoms with van der Waals surface area (Å²) in [6.07, 6.45) is 0. The minimum absolute atomic E-state index is 0. The van der Waals surface area contributed by atoms with Gasteiger partial charge in [-0.1, -0.05) is 0 Å². The molecule has 0 saturated carbocycles. The zero-order valence-corrected chi connectivity index (χ0v) is 10.3. The van der Waals surface area contributed by atoms with Gasteiger partial charge in [0.15, 0.2) is 0 Å². The van der Waals surface area contributed by atoms with E-state index in [-0.39, 0.29) is 118 Å². The monoisotopic (exact) mass is 172 g/mol. The van der Waals surface area contributed by atoms with Crippen molar-refractivity contribution in [2.75, 3.05) is 0 Å². The molecule has 0 saturated heterocycles. The number of rotatable bonds is 0. The van der Waals surface area contributed by atoms with Crippen molar-refractivity contribution in [3.05, 3.63) is 0 Å². The Morgan fingerprint density at radius 2 is 0.500 bits per heavy atom. The molecule has 5 nitrogen and oxygen atoms in total. The van der Waals surface area contributed by atoms with Gasteiger partial charge >= 0.3 is 90.3 Å². The minimum atomic E-state index is 0. The molecule has 8 heteroatoms. The molecule has 8 heavy (non-hydrogen) atoms. The average Bonchev–Trinajstić information content (AvgIpc) is 0. The van der Waals surface area contributed by atoms with Crippen LogP contribution in [0.5, 0.6) is 0 Å². The Kier molecular flexibility index (Phi) is 1570. The summed E-state index contributed by atoms with van der Waals surface area (Å²) >= 11 is 0. The normalized spacial score (nSPS) is 0. The first-order valence-electron chi connectivity index (χ1n) is 0. The zero-order valence-electron chi connectivity index (χ0n) is 4.65. The predicted octanol–water partition coefficient (Wildman–Crippen LogP) is -4.64. The molecule has 0 heterocycles. The van der Waals surface area contributed by atoms with E-state index in [1.54, 1.807) is 0 Å². The van der Waals surface area contributed by atoms with Crippen LogP contribution >= 0.6 is 0 Å². The van der Waals surface area contributed by atoms with Gasteiger partial charge in [-0.3, -0.25) is 0 Å². The second-order valence-electron chi connectivity index (χ2n) is 0. The zero-order chi connectivity index (χ0) is 0. The molecule has 5 N–H and O–H groups in total. The molecule has 0 aliphatic carbocycles. The molecule has 40 valence electrons. The molecule has 0 aromatic heterocycles. The van der Waals surface area contributed by atoms with Gasteiger partial charge in [-0.2, -0.15) is 0 Å². The van der Waals surface area contributed by atoms with Crippen molar-refractivity contribution in [2.24, 2.45) is 0 Å². The first-order valence-corrected chi connectivity index (χ1v) is 0. The van der Waals surface area contributed by atoms with Crippen LogP contribution in [0.3, 0.4) is 0 Å². The quantitative estimate of drug-likeness (QED) is 0.337. The summed E-state index contributed by atoms with van der Waals surface area (Å²) in [6.45, 7) is 0. The third-order valence-corrected chi connectivity index (χ3v) is 0. The van der Waals surface area contributed by atoms with Crippen LogP contribution in [0.15, 0.2) is 0 Å². The van der Waals surface area contributed by atoms with E-state index in [0.717, 1.165) is 0 Å². The molecular weight excluding hydrogens is 167 g/mol. The molecule has 0 spiro atoms. The first-order chi connectivity index (χ1) is 0. The smallest absolute Gasteiger partial charge is 0.870 e. The molecule has 0 atom stereocenters. The molecule has 0 aliphatic heterocycles. The van der Waals surface area contributed by atoms with Crippen LogP contribution in [0.1, 0.15) is 0 Å². The Labute approximate surface area is 116 Å². The van der Waals surface area contributed by atoms with Crippen molar-refractivity contribution in [3.8, 4) is 0 Å². The van der Waals surface area contributed by atoms with E-state index >= 15 is 0 Å². The third kappa shape index (κ3) is 67.7. The van der Waals surface area contributed by atoms with Crippen molar-refractivity contribution < 1.29 is 56.9 Å². The van der Waals surface area contributed by atoms with Gasteiger partial charge in [0.25, 0.3) is 0 Å². The van der Waals surface area contributed by atoms with Crippen LogP contribution in [-0.4, -0.2) is 88.2 Å². The fraction of sp³-hybridized carbons (Fsp3) is 0. The molecule has 0 radical (unpaired) electrons. The summed E-state index contributed by atoms with van der Waals surface area (Å²) in [5, 5.41) is 0. The Morgan fingerprint density at radius 1 is 0.500 bits per heavy atom. The molecule has 0 fully saturated rings. The van der Waals surface area contributed by atoms with Gasteiger partial charge in [-0.05, 0) is 0 Å². The largest absolute Gasteiger partial charge is 2.00 e. The van der Waals surface area contributed by atoms with E-state index in [0.29, 0.717) is 0 Å². The summed E-state index contributed by atoms with van der Waals surface area (Å²) in [7, 11) is 0. The summed E-state index contributed by atoms with van der Waals surface area (Å²) in [6, 6.07) is 0. The third-order valence-electron chi connectivity index (χ3n) is 0. The van der Waals surface area contributed by atoms with Gasteiger partial charge in [0, 0.05) is 0 Å². The maximum absolute atomic E-state index is 0. The van der Waals surface area contributed by atoms with Crippen molar-refractivity contribution in [1.82, 2.24) is 0 Å². The summed E-state index contributed by atoms with van der Waals surface area (Å²) in [4.78, 5) is 0. The molecular formula is H5CaMgNaO5. The predicted molar refractivity (Wildman–Crippen MR) is 21.2 cm³/mol. The fourth-order valence-electron chi connectivity index (χ4n) is 0. The molecule has 0 aromatic carbocycles. The van der Waals surface area contributed by atoms with E-state index in [4.69, 9.17) is 0 Å². The van der Waals surface area contributed by atoms with E-state index in [2.05, 4.69) is 0 Å². The van der Waals surface area contributed by atoms with E-state index in [1.165, 1.54) is 0 Å². The maximum atomic E-state index is 0. The number of hydrogen-bond acceptors (Lipinski definition) is 5. The second-order valence-corrected chi connectivity index (χ2v) is 0. The Morgan fingerprint density at radius 3 is 0.500 bits per heavy atom. The van der Waals surface area contributed by atoms with Gasteiger partial charge in [-0.15, -0.1) is 0 Å². The van der Waals surface area contributed by atoms with Gasteiger partial charge in [-0.25, -0.2) is 0 Å². The SMILES string of the molecule is [Ca+2].[Mg+2].[Na+].[OH-].[OH-].[OH-].[OH-].[OH-]. The summed E-state index contributed by atoms with van der Waals surface area (Å²) in [5.41, 5.74) is 0. The minimum Gasteiger partial charge on any atom is -0.870 e. The second kappa shape index (κ2) is 95.8. The molecule has 0 aliphatic rings. The van der Waals surface area contributed by atoms with Crippen LogP contribution in [0.4, 0.5) is 0 Å². The average molecular weight is 172 g/mol. The van der Waals surface area contributed by atoms with Gasteiger partial charge in [0.1, 0.15) is 0 Å². The molecule has 0 aromatic rings. The van der Waals surface area contributed by atoms with E-state index in [1.807, 2.05) is 0 Å². The van der Waals surface area contributed by atoms with Crippen LogP contribution < -0.4 is 29.6 Å². The maximum Gasteiger partial charge on any atom is 2.00 e. The van der Waals surface area contributed by atoms with Crippen LogP contribution in [0.25, 0.3) is 0 Å².